The first kappa shape index (κ1) is 17.5. The van der Waals surface area contributed by atoms with E-state index >= 15 is 0 Å². The molecule has 0 fully saturated rings. The molecule has 0 radical (unpaired) electrons. The summed E-state index contributed by atoms with van der Waals surface area (Å²) in [4.78, 5) is 8.54. The average molecular weight is 399 g/mol. The number of nitrogens with one attached hydrogen (secondary N) is 1. The number of nitrogens with two attached hydrogens (primary N) is 1. The number of para-hydroxylation sites is 2. The summed E-state index contributed by atoms with van der Waals surface area (Å²) in [7, 11) is 0. The summed E-state index contributed by atoms with van der Waals surface area (Å²) < 4.78 is 2.15. The van der Waals surface area contributed by atoms with E-state index in [0.29, 0.717) is 12.5 Å². The van der Waals surface area contributed by atoms with Crippen LogP contribution in [0.4, 0.5) is 0 Å². The summed E-state index contributed by atoms with van der Waals surface area (Å²) in [6.45, 7) is 7.99. The van der Waals surface area contributed by atoms with E-state index in [0.717, 1.165) is 36.1 Å². The van der Waals surface area contributed by atoms with Gasteiger partial charge < -0.3 is 15.6 Å². The Hall–Kier alpha value is -1.57. The lowest BCUT2D eigenvalue weighted by Gasteiger charge is -2.07. The second-order valence-electron chi connectivity index (χ2n) is 4.87. The first-order valence-electron chi connectivity index (χ1n) is 6.75. The molecule has 2 aromatic rings. The zero-order valence-corrected chi connectivity index (χ0v) is 14.6. The summed E-state index contributed by atoms with van der Waals surface area (Å²) in [6, 6.07) is 8.13. The van der Waals surface area contributed by atoms with Gasteiger partial charge in [-0.2, -0.15) is 0 Å². The molecule has 0 unspecified atom stereocenters. The number of imidazole rings is 1. The van der Waals surface area contributed by atoms with Gasteiger partial charge in [0.2, 0.25) is 0 Å². The molecule has 1 aromatic heterocycles. The number of nitrogens with zero attached hydrogens (tertiary/aromatic N) is 3. The molecule has 3 N–H and O–H groups in total. The van der Waals surface area contributed by atoms with Gasteiger partial charge in [0.15, 0.2) is 5.96 Å². The Balaban J connectivity index is 0.00000220. The van der Waals surface area contributed by atoms with Gasteiger partial charge in [0.05, 0.1) is 23.9 Å². The minimum Gasteiger partial charge on any atom is -0.370 e. The van der Waals surface area contributed by atoms with Gasteiger partial charge in [-0.1, -0.05) is 24.3 Å². The number of aliphatic imine (C=N–C) groups is 1. The van der Waals surface area contributed by atoms with E-state index in [2.05, 4.69) is 32.5 Å². The molecule has 0 saturated heterocycles. The Kier molecular flexibility index (Phi) is 7.21. The van der Waals surface area contributed by atoms with Crippen molar-refractivity contribution in [3.05, 3.63) is 42.7 Å². The van der Waals surface area contributed by atoms with E-state index in [9.17, 15) is 0 Å². The van der Waals surface area contributed by atoms with Crippen molar-refractivity contribution in [1.29, 1.82) is 0 Å². The van der Waals surface area contributed by atoms with Crippen LogP contribution in [0, 0.1) is 0 Å². The van der Waals surface area contributed by atoms with E-state index in [-0.39, 0.29) is 24.0 Å². The highest BCUT2D eigenvalue weighted by molar-refractivity contribution is 14.0. The van der Waals surface area contributed by atoms with Crippen LogP contribution in [0.5, 0.6) is 0 Å². The number of hydrogen-bond acceptors (Lipinski definition) is 2. The van der Waals surface area contributed by atoms with Gasteiger partial charge in [-0.3, -0.25) is 0 Å². The fourth-order valence-electron chi connectivity index (χ4n) is 1.93. The molecule has 2 rings (SSSR count). The minimum absolute atomic E-state index is 0. The summed E-state index contributed by atoms with van der Waals surface area (Å²) in [5, 5.41) is 3.10. The Morgan fingerprint density at radius 3 is 2.95 bits per heavy atom. The molecule has 0 amide bonds. The molecule has 1 heterocycles. The molecule has 1 aromatic carbocycles. The lowest BCUT2D eigenvalue weighted by Crippen LogP contribution is -2.33. The maximum atomic E-state index is 5.75. The first-order valence-corrected chi connectivity index (χ1v) is 6.75. The molecule has 5 nitrogen and oxygen atoms in total. The van der Waals surface area contributed by atoms with E-state index in [1.54, 1.807) is 0 Å². The smallest absolute Gasteiger partial charge is 0.188 e. The standard InChI is InChI=1S/C15H21N5.HI/c1-12(2)10-18-15(16)17-8-5-9-20-11-19-13-6-3-4-7-14(13)20;/h3-4,6-7,11H,1,5,8-10H2,2H3,(H3,16,17,18);1H. The Labute approximate surface area is 142 Å². The molecule has 0 aliphatic rings. The molecule has 6 heteroatoms. The molecular weight excluding hydrogens is 377 g/mol. The van der Waals surface area contributed by atoms with Crippen LogP contribution in [0.15, 0.2) is 47.7 Å². The zero-order valence-electron chi connectivity index (χ0n) is 12.2. The lowest BCUT2D eigenvalue weighted by atomic mass is 10.3. The van der Waals surface area contributed by atoms with Crippen molar-refractivity contribution >= 4 is 41.0 Å². The van der Waals surface area contributed by atoms with E-state index < -0.39 is 0 Å². The summed E-state index contributed by atoms with van der Waals surface area (Å²) in [5.41, 5.74) is 8.94. The maximum absolute atomic E-state index is 5.75. The van der Waals surface area contributed by atoms with Crippen molar-refractivity contribution in [1.82, 2.24) is 14.9 Å². The third kappa shape index (κ3) is 5.37. The normalized spacial score (nSPS) is 11.2. The number of aromatic nitrogens is 2. The maximum Gasteiger partial charge on any atom is 0.188 e. The number of hydrogen-bond donors (Lipinski definition) is 2. The SMILES string of the molecule is C=C(C)CN=C(N)NCCCn1cnc2ccccc21.I. The number of rotatable bonds is 6. The Bertz CT molecular complexity index is 617. The second kappa shape index (κ2) is 8.66. The molecule has 0 atom stereocenters. The largest absolute Gasteiger partial charge is 0.370 e. The van der Waals surface area contributed by atoms with Gasteiger partial charge in [0.1, 0.15) is 0 Å². The summed E-state index contributed by atoms with van der Waals surface area (Å²) in [5.74, 6) is 0.475. The number of fused-ring (bicyclic) bond motifs is 1. The highest BCUT2D eigenvalue weighted by Crippen LogP contribution is 2.11. The van der Waals surface area contributed by atoms with Crippen molar-refractivity contribution in [2.24, 2.45) is 10.7 Å². The molecule has 21 heavy (non-hydrogen) atoms. The van der Waals surface area contributed by atoms with Crippen molar-refractivity contribution < 1.29 is 0 Å². The van der Waals surface area contributed by atoms with E-state index in [4.69, 9.17) is 5.73 Å². The van der Waals surface area contributed by atoms with Crippen molar-refractivity contribution in [3.63, 3.8) is 0 Å². The predicted octanol–water partition coefficient (Wildman–Crippen LogP) is 2.52. The molecule has 0 aliphatic heterocycles. The van der Waals surface area contributed by atoms with Crippen LogP contribution in [-0.2, 0) is 6.54 Å². The van der Waals surface area contributed by atoms with Crippen molar-refractivity contribution in [2.75, 3.05) is 13.1 Å². The van der Waals surface area contributed by atoms with Gasteiger partial charge >= 0.3 is 0 Å². The molecule has 0 saturated carbocycles. The zero-order chi connectivity index (χ0) is 14.4. The van der Waals surface area contributed by atoms with Crippen molar-refractivity contribution in [2.45, 2.75) is 19.9 Å². The van der Waals surface area contributed by atoms with Crippen LogP contribution < -0.4 is 11.1 Å². The number of aryl methyl sites for hydroxylation is 1. The third-order valence-corrected chi connectivity index (χ3v) is 2.93. The number of benzene rings is 1. The third-order valence-electron chi connectivity index (χ3n) is 2.93. The highest BCUT2D eigenvalue weighted by Gasteiger charge is 2.00. The second-order valence-corrected chi connectivity index (χ2v) is 4.87. The van der Waals surface area contributed by atoms with Crippen LogP contribution in [0.25, 0.3) is 11.0 Å². The molecule has 0 aliphatic carbocycles. The lowest BCUT2D eigenvalue weighted by molar-refractivity contribution is 0.642. The van der Waals surface area contributed by atoms with Crippen LogP contribution in [0.3, 0.4) is 0 Å². The van der Waals surface area contributed by atoms with Crippen LogP contribution in [0.2, 0.25) is 0 Å². The van der Waals surface area contributed by atoms with Crippen molar-refractivity contribution in [3.8, 4) is 0 Å². The summed E-state index contributed by atoms with van der Waals surface area (Å²) in [6.07, 6.45) is 2.84. The number of guanidine groups is 1. The molecule has 114 valence electrons. The van der Waals surface area contributed by atoms with Gasteiger partial charge in [0.25, 0.3) is 0 Å². The fraction of sp³-hybridized carbons (Fsp3) is 0.333. The summed E-state index contributed by atoms with van der Waals surface area (Å²) >= 11 is 0. The van der Waals surface area contributed by atoms with E-state index in [1.165, 1.54) is 0 Å². The Morgan fingerprint density at radius 1 is 1.43 bits per heavy atom. The molecular formula is C15H22IN5. The molecule has 0 bridgehead atoms. The van der Waals surface area contributed by atoms with E-state index in [1.807, 2.05) is 31.5 Å². The van der Waals surface area contributed by atoms with Gasteiger partial charge in [-0.15, -0.1) is 24.0 Å². The van der Waals surface area contributed by atoms with Crippen LogP contribution >= 0.6 is 24.0 Å². The average Bonchev–Trinajstić information content (AvgIpc) is 2.85. The van der Waals surface area contributed by atoms with Gasteiger partial charge in [0, 0.05) is 13.1 Å². The van der Waals surface area contributed by atoms with Crippen LogP contribution in [0.1, 0.15) is 13.3 Å². The van der Waals surface area contributed by atoms with Crippen LogP contribution in [-0.4, -0.2) is 28.6 Å². The minimum atomic E-state index is 0. The quantitative estimate of drug-likeness (QED) is 0.258. The Morgan fingerprint density at radius 2 is 2.19 bits per heavy atom. The van der Waals surface area contributed by atoms with Gasteiger partial charge in [-0.25, -0.2) is 9.98 Å². The fourth-order valence-corrected chi connectivity index (χ4v) is 1.93. The predicted molar refractivity (Wildman–Crippen MR) is 99.1 cm³/mol. The first-order chi connectivity index (χ1) is 9.66. The topological polar surface area (TPSA) is 68.2 Å². The monoisotopic (exact) mass is 399 g/mol. The highest BCUT2D eigenvalue weighted by atomic mass is 127. The van der Waals surface area contributed by atoms with Gasteiger partial charge in [-0.05, 0) is 25.5 Å². The number of halogens is 1. The molecule has 0 spiro atoms.